The van der Waals surface area contributed by atoms with E-state index in [1.54, 1.807) is 19.3 Å². The molecular weight excluding hydrogens is 151 g/mol. The fourth-order valence-corrected chi connectivity index (χ4v) is 1.20. The molecule has 64 valence electrons. The minimum absolute atomic E-state index is 0.637. The maximum absolute atomic E-state index is 9.62. The fourth-order valence-electron chi connectivity index (χ4n) is 1.20. The summed E-state index contributed by atoms with van der Waals surface area (Å²) in [5.74, 6) is 0. The quantitative estimate of drug-likeness (QED) is 0.613. The number of hydrogen-bond acceptors (Lipinski definition) is 3. The van der Waals surface area contributed by atoms with Crippen molar-refractivity contribution in [2.75, 3.05) is 7.05 Å². The molecule has 3 nitrogen and oxygen atoms in total. The second kappa shape index (κ2) is 3.58. The first-order valence-electron chi connectivity index (χ1n) is 4.01. The smallest absolute Gasteiger partial charge is 0.428 e. The molecule has 0 bridgehead atoms. The van der Waals surface area contributed by atoms with E-state index in [4.69, 9.17) is 0 Å². The molecule has 4 heteroatoms. The first-order valence-corrected chi connectivity index (χ1v) is 4.01. The Hall–Kier alpha value is -1.03. The average molecular weight is 164 g/mol. The summed E-state index contributed by atoms with van der Waals surface area (Å²) in [5.41, 5.74) is 1.91. The second-order valence-corrected chi connectivity index (χ2v) is 2.73. The third-order valence-electron chi connectivity index (χ3n) is 2.00. The summed E-state index contributed by atoms with van der Waals surface area (Å²) >= 11 is 0. The van der Waals surface area contributed by atoms with E-state index in [1.165, 1.54) is 4.92 Å². The Balaban J connectivity index is 3.00. The predicted molar refractivity (Wildman–Crippen MR) is 51.7 cm³/mol. The topological polar surface area (TPSA) is 35.8 Å². The summed E-state index contributed by atoms with van der Waals surface area (Å²) in [4.78, 5) is 1.51. The van der Waals surface area contributed by atoms with Gasteiger partial charge in [0.15, 0.2) is 0 Å². The molecule has 0 amide bonds. The average Bonchev–Trinajstić information content (AvgIpc) is 2.09. The Labute approximate surface area is 73.2 Å². The monoisotopic (exact) mass is 164 g/mol. The van der Waals surface area contributed by atoms with Crippen LogP contribution in [0.4, 0.5) is 0 Å². The van der Waals surface area contributed by atoms with Gasteiger partial charge in [-0.15, -0.1) is 0 Å². The summed E-state index contributed by atoms with van der Waals surface area (Å²) in [6, 6.07) is 0. The van der Waals surface area contributed by atoms with Crippen LogP contribution >= 0.6 is 0 Å². The molecule has 0 saturated carbocycles. The molecule has 1 rings (SSSR count). The Morgan fingerprint density at radius 2 is 2.50 bits per heavy atom. The second-order valence-electron chi connectivity index (χ2n) is 2.73. The zero-order chi connectivity index (χ0) is 9.14. The first-order chi connectivity index (χ1) is 5.70. The van der Waals surface area contributed by atoms with E-state index in [1.807, 2.05) is 6.92 Å². The molecule has 0 saturated heterocycles. The van der Waals surface area contributed by atoms with Crippen LogP contribution in [0.2, 0.25) is 0 Å². The third kappa shape index (κ3) is 1.43. The van der Waals surface area contributed by atoms with E-state index in [0.717, 1.165) is 17.5 Å². The van der Waals surface area contributed by atoms with Crippen molar-refractivity contribution in [3.8, 4) is 0 Å². The number of allylic oxidation sites excluding steroid dienone is 3. The van der Waals surface area contributed by atoms with Crippen LogP contribution in [0.5, 0.6) is 0 Å². The molecule has 0 aromatic carbocycles. The minimum atomic E-state index is -0.637. The van der Waals surface area contributed by atoms with Crippen molar-refractivity contribution in [1.29, 1.82) is 0 Å². The van der Waals surface area contributed by atoms with Gasteiger partial charge in [-0.05, 0) is 17.5 Å². The molecule has 0 atom stereocenters. The van der Waals surface area contributed by atoms with Gasteiger partial charge in [0.1, 0.15) is 0 Å². The highest BCUT2D eigenvalue weighted by Gasteiger charge is 2.25. The normalized spacial score (nSPS) is 17.2. The van der Waals surface area contributed by atoms with Gasteiger partial charge >= 0.3 is 7.05 Å². The van der Waals surface area contributed by atoms with E-state index < -0.39 is 7.05 Å². The zero-order valence-corrected chi connectivity index (χ0v) is 7.49. The van der Waals surface area contributed by atoms with Crippen molar-refractivity contribution >= 4 is 13.3 Å². The summed E-state index contributed by atoms with van der Waals surface area (Å²) in [5, 5.41) is 13.6. The van der Waals surface area contributed by atoms with Crippen LogP contribution in [-0.4, -0.2) is 30.3 Å². The molecular formula is C8H13BN2O. The lowest BCUT2D eigenvalue weighted by molar-refractivity contribution is 0.437. The Morgan fingerprint density at radius 1 is 1.83 bits per heavy atom. The van der Waals surface area contributed by atoms with Crippen molar-refractivity contribution in [2.24, 2.45) is 5.10 Å². The van der Waals surface area contributed by atoms with Gasteiger partial charge in [-0.2, -0.15) is 5.10 Å². The van der Waals surface area contributed by atoms with Gasteiger partial charge in [-0.3, -0.25) is 0 Å². The van der Waals surface area contributed by atoms with Crippen LogP contribution in [0, 0.1) is 0 Å². The minimum Gasteiger partial charge on any atom is -0.428 e. The summed E-state index contributed by atoms with van der Waals surface area (Å²) in [6.07, 6.45) is 4.32. The van der Waals surface area contributed by atoms with Crippen molar-refractivity contribution in [2.45, 2.75) is 13.3 Å². The van der Waals surface area contributed by atoms with Crippen LogP contribution in [-0.2, 0) is 0 Å². The van der Waals surface area contributed by atoms with E-state index in [2.05, 4.69) is 11.7 Å². The lowest BCUT2D eigenvalue weighted by atomic mass is 9.69. The van der Waals surface area contributed by atoms with Crippen LogP contribution in [0.25, 0.3) is 0 Å². The lowest BCUT2D eigenvalue weighted by Crippen LogP contribution is -2.37. The number of hydrogen-bond donors (Lipinski definition) is 1. The highest BCUT2D eigenvalue weighted by Crippen LogP contribution is 2.16. The molecule has 1 N–H and O–H groups in total. The van der Waals surface area contributed by atoms with Crippen LogP contribution in [0.3, 0.4) is 0 Å². The molecule has 0 radical (unpaired) electrons. The SMILES string of the molecule is C=CC1=C(CC)C=NN(C)B1O. The van der Waals surface area contributed by atoms with Crippen LogP contribution in [0.15, 0.2) is 28.8 Å². The molecule has 0 aromatic heterocycles. The highest BCUT2D eigenvalue weighted by atomic mass is 16.2. The molecule has 1 aliphatic heterocycles. The van der Waals surface area contributed by atoms with E-state index in [0.29, 0.717) is 0 Å². The van der Waals surface area contributed by atoms with Crippen molar-refractivity contribution in [1.82, 2.24) is 4.92 Å². The molecule has 12 heavy (non-hydrogen) atoms. The van der Waals surface area contributed by atoms with Crippen molar-refractivity contribution in [3.63, 3.8) is 0 Å². The summed E-state index contributed by atoms with van der Waals surface area (Å²) in [7, 11) is 1.10. The molecule has 0 unspecified atom stereocenters. The number of hydrazone groups is 1. The Bertz CT molecular complexity index is 247. The Kier molecular flexibility index (Phi) is 2.71. The highest BCUT2D eigenvalue weighted by molar-refractivity contribution is 6.58. The van der Waals surface area contributed by atoms with Gasteiger partial charge in [0, 0.05) is 13.3 Å². The largest absolute Gasteiger partial charge is 0.466 e. The van der Waals surface area contributed by atoms with E-state index in [9.17, 15) is 5.02 Å². The van der Waals surface area contributed by atoms with Gasteiger partial charge in [0.2, 0.25) is 0 Å². The standard InChI is InChI=1S/C8H13BN2O/c1-4-7-6-10-11(3)9(12)8(7)5-2/h5-6,12H,2,4H2,1,3H3. The van der Waals surface area contributed by atoms with E-state index in [-0.39, 0.29) is 0 Å². The number of nitrogens with zero attached hydrogens (tertiary/aromatic N) is 2. The third-order valence-corrected chi connectivity index (χ3v) is 2.00. The predicted octanol–water partition coefficient (Wildman–Crippen LogP) is 0.830. The maximum Gasteiger partial charge on any atom is 0.466 e. The van der Waals surface area contributed by atoms with Gasteiger partial charge < -0.3 is 9.94 Å². The van der Waals surface area contributed by atoms with Crippen LogP contribution < -0.4 is 0 Å². The van der Waals surface area contributed by atoms with Crippen molar-refractivity contribution in [3.05, 3.63) is 23.7 Å². The lowest BCUT2D eigenvalue weighted by Gasteiger charge is -2.23. The van der Waals surface area contributed by atoms with E-state index >= 15 is 0 Å². The molecule has 0 aliphatic carbocycles. The molecule has 0 aromatic rings. The number of rotatable bonds is 2. The maximum atomic E-state index is 9.62. The van der Waals surface area contributed by atoms with Crippen molar-refractivity contribution < 1.29 is 5.02 Å². The first kappa shape index (κ1) is 9.07. The fraction of sp³-hybridized carbons (Fsp3) is 0.375. The summed E-state index contributed by atoms with van der Waals surface area (Å²) < 4.78 is 0. The van der Waals surface area contributed by atoms with Gasteiger partial charge in [-0.1, -0.05) is 19.6 Å². The Morgan fingerprint density at radius 3 is 3.00 bits per heavy atom. The molecule has 1 aliphatic rings. The molecule has 0 fully saturated rings. The molecule has 1 heterocycles. The zero-order valence-electron chi connectivity index (χ0n) is 7.49. The molecule has 0 spiro atoms. The van der Waals surface area contributed by atoms with Gasteiger partial charge in [-0.25, -0.2) is 0 Å². The van der Waals surface area contributed by atoms with Gasteiger partial charge in [0.25, 0.3) is 0 Å². The summed E-state index contributed by atoms with van der Waals surface area (Å²) in [6.45, 7) is 5.69. The van der Waals surface area contributed by atoms with Gasteiger partial charge in [0.05, 0.1) is 0 Å². The van der Waals surface area contributed by atoms with Crippen LogP contribution in [0.1, 0.15) is 13.3 Å².